The molecule has 8 nitrogen and oxygen atoms in total. The van der Waals surface area contributed by atoms with Gasteiger partial charge in [0, 0.05) is 0 Å². The molecule has 2 heterocycles. The molecule has 0 fully saturated rings. The Morgan fingerprint density at radius 3 is 1.42 bits per heavy atom. The van der Waals surface area contributed by atoms with E-state index >= 15 is 0 Å². The summed E-state index contributed by atoms with van der Waals surface area (Å²) in [5, 5.41) is 25.1. The van der Waals surface area contributed by atoms with E-state index < -0.39 is 0 Å². The molecule has 0 aliphatic carbocycles. The van der Waals surface area contributed by atoms with E-state index in [0.29, 0.717) is 10.3 Å². The fourth-order valence-electron chi connectivity index (χ4n) is 2.01. The number of aromatic nitrogens is 8. The maximum Gasteiger partial charge on any atom is 0.225 e. The molecule has 0 aliphatic rings. The highest BCUT2D eigenvalue weighted by Gasteiger charge is 2.12. The van der Waals surface area contributed by atoms with Gasteiger partial charge in [-0.2, -0.15) is 9.36 Å². The SMILES string of the molecule is c1ccc(-n2nnnc2SSSSc2nnnn2-c2ccccc2)cc1. The van der Waals surface area contributed by atoms with Crippen molar-refractivity contribution in [3.63, 3.8) is 0 Å². The fraction of sp³-hybridized carbons (Fsp3) is 0. The van der Waals surface area contributed by atoms with Crippen LogP contribution in [0, 0.1) is 0 Å². The van der Waals surface area contributed by atoms with Crippen LogP contribution in [0.2, 0.25) is 0 Å². The number of tetrazole rings is 2. The third kappa shape index (κ3) is 4.03. The summed E-state index contributed by atoms with van der Waals surface area (Å²) in [7, 11) is 6.05. The molecule has 4 rings (SSSR count). The highest BCUT2D eigenvalue weighted by atomic mass is 33.7. The predicted molar refractivity (Wildman–Crippen MR) is 105 cm³/mol. The summed E-state index contributed by atoms with van der Waals surface area (Å²) >= 11 is 0. The molecule has 0 saturated heterocycles. The highest BCUT2D eigenvalue weighted by Crippen LogP contribution is 2.48. The van der Waals surface area contributed by atoms with E-state index in [1.165, 1.54) is 21.6 Å². The van der Waals surface area contributed by atoms with Crippen LogP contribution in [-0.2, 0) is 0 Å². The average Bonchev–Trinajstić information content (AvgIpc) is 3.36. The van der Waals surface area contributed by atoms with E-state index in [1.54, 1.807) is 29.0 Å². The summed E-state index contributed by atoms with van der Waals surface area (Å²) in [6.07, 6.45) is 0. The van der Waals surface area contributed by atoms with Crippen molar-refractivity contribution < 1.29 is 0 Å². The molecule has 26 heavy (non-hydrogen) atoms. The largest absolute Gasteiger partial charge is 0.225 e. The Morgan fingerprint density at radius 2 is 1.00 bits per heavy atom. The van der Waals surface area contributed by atoms with Crippen molar-refractivity contribution in [1.82, 2.24) is 40.4 Å². The number of hydrogen-bond donors (Lipinski definition) is 0. The molecular weight excluding hydrogens is 408 g/mol. The van der Waals surface area contributed by atoms with Gasteiger partial charge in [0.1, 0.15) is 0 Å². The van der Waals surface area contributed by atoms with Crippen LogP contribution >= 0.6 is 41.2 Å². The van der Waals surface area contributed by atoms with Crippen molar-refractivity contribution in [2.24, 2.45) is 0 Å². The van der Waals surface area contributed by atoms with E-state index in [9.17, 15) is 0 Å². The molecule has 0 aliphatic heterocycles. The lowest BCUT2D eigenvalue weighted by atomic mass is 10.3. The minimum Gasteiger partial charge on any atom is -0.187 e. The van der Waals surface area contributed by atoms with Crippen molar-refractivity contribution >= 4 is 41.2 Å². The Kier molecular flexibility index (Phi) is 5.74. The summed E-state index contributed by atoms with van der Waals surface area (Å²) in [5.74, 6) is 0. The predicted octanol–water partition coefficient (Wildman–Crippen LogP) is 3.73. The van der Waals surface area contributed by atoms with Gasteiger partial charge in [-0.3, -0.25) is 0 Å². The zero-order chi connectivity index (χ0) is 17.6. The van der Waals surface area contributed by atoms with Crippen LogP contribution in [0.5, 0.6) is 0 Å². The minimum absolute atomic E-state index is 0.706. The number of nitrogens with zero attached hydrogens (tertiary/aromatic N) is 8. The Morgan fingerprint density at radius 1 is 0.577 bits per heavy atom. The van der Waals surface area contributed by atoms with Crippen molar-refractivity contribution in [1.29, 1.82) is 0 Å². The van der Waals surface area contributed by atoms with Crippen molar-refractivity contribution in [3.8, 4) is 11.4 Å². The van der Waals surface area contributed by atoms with Gasteiger partial charge in [0.05, 0.1) is 11.4 Å². The molecule has 130 valence electrons. The number of benzene rings is 2. The number of rotatable bonds is 7. The molecule has 0 unspecified atom stereocenters. The average molecular weight is 419 g/mol. The number of para-hydroxylation sites is 2. The number of hydrogen-bond acceptors (Lipinski definition) is 10. The van der Waals surface area contributed by atoms with Crippen LogP contribution in [0.1, 0.15) is 0 Å². The van der Waals surface area contributed by atoms with E-state index in [0.717, 1.165) is 11.4 Å². The van der Waals surface area contributed by atoms with Crippen LogP contribution in [0.25, 0.3) is 11.4 Å². The normalized spacial score (nSPS) is 10.9. The van der Waals surface area contributed by atoms with Crippen LogP contribution in [-0.4, -0.2) is 40.4 Å². The van der Waals surface area contributed by atoms with Gasteiger partial charge >= 0.3 is 0 Å². The molecule has 12 heteroatoms. The Balaban J connectivity index is 1.36. The monoisotopic (exact) mass is 418 g/mol. The first-order valence-electron chi connectivity index (χ1n) is 7.27. The molecule has 4 aromatic rings. The summed E-state index contributed by atoms with van der Waals surface area (Å²) in [4.78, 5) is 0. The van der Waals surface area contributed by atoms with Gasteiger partial charge in [-0.15, -0.1) is 10.2 Å². The van der Waals surface area contributed by atoms with E-state index in [2.05, 4.69) is 31.1 Å². The van der Waals surface area contributed by atoms with Crippen molar-refractivity contribution in [2.45, 2.75) is 10.3 Å². The van der Waals surface area contributed by atoms with E-state index in [4.69, 9.17) is 0 Å². The quantitative estimate of drug-likeness (QED) is 0.327. The topological polar surface area (TPSA) is 87.2 Å². The molecule has 0 amide bonds. The molecule has 2 aromatic carbocycles. The summed E-state index contributed by atoms with van der Waals surface area (Å²) < 4.78 is 3.41. The third-order valence-electron chi connectivity index (χ3n) is 3.13. The fourth-order valence-corrected chi connectivity index (χ4v) is 7.01. The molecule has 2 aromatic heterocycles. The van der Waals surface area contributed by atoms with E-state index in [1.807, 2.05) is 60.7 Å². The first-order valence-corrected chi connectivity index (χ1v) is 12.1. The Hall–Kier alpha value is -2.02. The third-order valence-corrected chi connectivity index (χ3v) is 8.82. The Bertz CT molecular complexity index is 880. The summed E-state index contributed by atoms with van der Waals surface area (Å²) in [6.45, 7) is 0. The summed E-state index contributed by atoms with van der Waals surface area (Å²) in [6, 6.07) is 19.6. The molecule has 0 saturated carbocycles. The van der Waals surface area contributed by atoms with Gasteiger partial charge in [-0.1, -0.05) is 36.4 Å². The molecular formula is C14H10N8S4. The smallest absolute Gasteiger partial charge is 0.187 e. The Labute approximate surface area is 163 Å². The lowest BCUT2D eigenvalue weighted by Crippen LogP contribution is -1.97. The van der Waals surface area contributed by atoms with Crippen molar-refractivity contribution in [2.75, 3.05) is 0 Å². The van der Waals surface area contributed by atoms with Gasteiger partial charge in [0.25, 0.3) is 0 Å². The lowest BCUT2D eigenvalue weighted by molar-refractivity contribution is 0.758. The van der Waals surface area contributed by atoms with Crippen LogP contribution in [0.15, 0.2) is 71.0 Å². The first-order chi connectivity index (χ1) is 12.9. The zero-order valence-electron chi connectivity index (χ0n) is 13.0. The molecule has 0 bridgehead atoms. The molecule has 0 atom stereocenters. The van der Waals surface area contributed by atoms with Gasteiger partial charge in [-0.25, -0.2) is 0 Å². The highest BCUT2D eigenvalue weighted by molar-refractivity contribution is 9.26. The van der Waals surface area contributed by atoms with E-state index in [-0.39, 0.29) is 0 Å². The maximum absolute atomic E-state index is 4.07. The lowest BCUT2D eigenvalue weighted by Gasteiger charge is -2.03. The zero-order valence-corrected chi connectivity index (χ0v) is 16.3. The van der Waals surface area contributed by atoms with Crippen molar-refractivity contribution in [3.05, 3.63) is 60.7 Å². The van der Waals surface area contributed by atoms with Crippen LogP contribution < -0.4 is 0 Å². The second kappa shape index (κ2) is 8.58. The molecule has 0 spiro atoms. The standard InChI is InChI=1S/C14H10N8S4/c1-3-7-11(8-4-1)21-13(15-17-19-21)23-25-26-24-14-16-18-20-22(14)12-9-5-2-6-10-12/h1-10H. The molecule has 0 N–H and O–H groups in total. The summed E-state index contributed by atoms with van der Waals surface area (Å²) in [5.41, 5.74) is 1.84. The maximum atomic E-state index is 4.07. The van der Waals surface area contributed by atoms with Crippen LogP contribution in [0.3, 0.4) is 0 Å². The van der Waals surface area contributed by atoms with Gasteiger partial charge in [0.2, 0.25) is 10.3 Å². The van der Waals surface area contributed by atoms with Crippen LogP contribution in [0.4, 0.5) is 0 Å². The molecule has 0 radical (unpaired) electrons. The first kappa shape index (κ1) is 17.4. The second-order valence-corrected chi connectivity index (χ2v) is 10.3. The van der Waals surface area contributed by atoms with Gasteiger partial charge in [0.15, 0.2) is 0 Å². The van der Waals surface area contributed by atoms with Gasteiger partial charge < -0.3 is 0 Å². The minimum atomic E-state index is 0.706. The second-order valence-electron chi connectivity index (χ2n) is 4.72. The van der Waals surface area contributed by atoms with Gasteiger partial charge in [-0.05, 0) is 86.4 Å².